The molecule has 2 aromatic rings. The lowest BCUT2D eigenvalue weighted by Crippen LogP contribution is -2.09. The highest BCUT2D eigenvalue weighted by Crippen LogP contribution is 2.39. The number of nitrogen functional groups attached to an aromatic ring is 2. The van der Waals surface area contributed by atoms with E-state index in [9.17, 15) is 10.1 Å². The van der Waals surface area contributed by atoms with Crippen LogP contribution in [-0.4, -0.2) is 36.3 Å². The van der Waals surface area contributed by atoms with Crippen LogP contribution in [0.1, 0.15) is 25.3 Å². The van der Waals surface area contributed by atoms with Gasteiger partial charge in [-0.15, -0.1) is 0 Å². The second-order valence-corrected chi connectivity index (χ2v) is 5.40. The molecule has 0 saturated heterocycles. The van der Waals surface area contributed by atoms with Gasteiger partial charge in [-0.25, -0.2) is 4.98 Å². The Kier molecular flexibility index (Phi) is 6.77. The number of anilines is 2. The molecule has 9 nitrogen and oxygen atoms in total. The fraction of sp³-hybridized carbons (Fsp3) is 0.333. The summed E-state index contributed by atoms with van der Waals surface area (Å²) in [7, 11) is 1.50. The Morgan fingerprint density at radius 2 is 2.07 bits per heavy atom. The molecule has 1 aromatic carbocycles. The molecule has 27 heavy (non-hydrogen) atoms. The molecular formula is C18H21N5O4. The number of hydrogen-bond acceptors (Lipinski definition) is 9. The number of para-hydroxylation sites is 1. The van der Waals surface area contributed by atoms with E-state index in [0.717, 1.165) is 0 Å². The fourth-order valence-corrected chi connectivity index (χ4v) is 2.44. The van der Waals surface area contributed by atoms with Gasteiger partial charge < -0.3 is 25.7 Å². The Bertz CT molecular complexity index is 864. The maximum absolute atomic E-state index is 11.4. The summed E-state index contributed by atoms with van der Waals surface area (Å²) < 4.78 is 16.1. The molecule has 0 aliphatic rings. The summed E-state index contributed by atoms with van der Waals surface area (Å²) in [6.07, 6.45) is 0.685. The first-order valence-corrected chi connectivity index (χ1v) is 8.30. The number of ether oxygens (including phenoxy) is 3. The molecule has 0 atom stereocenters. The van der Waals surface area contributed by atoms with Crippen LogP contribution in [0.3, 0.4) is 0 Å². The van der Waals surface area contributed by atoms with Crippen LogP contribution in [0.15, 0.2) is 18.2 Å². The van der Waals surface area contributed by atoms with Crippen LogP contribution in [0.25, 0.3) is 11.3 Å². The van der Waals surface area contributed by atoms with Gasteiger partial charge in [-0.05, 0) is 25.5 Å². The van der Waals surface area contributed by atoms with Crippen LogP contribution in [-0.2, 0) is 9.53 Å². The first kappa shape index (κ1) is 19.8. The number of rotatable bonds is 8. The van der Waals surface area contributed by atoms with E-state index >= 15 is 0 Å². The van der Waals surface area contributed by atoms with Crippen LogP contribution in [0, 0.1) is 11.3 Å². The molecule has 0 unspecified atom stereocenters. The van der Waals surface area contributed by atoms with Gasteiger partial charge in [0.25, 0.3) is 0 Å². The minimum Gasteiger partial charge on any atom is -0.493 e. The second-order valence-electron chi connectivity index (χ2n) is 5.40. The number of nitriles is 1. The largest absolute Gasteiger partial charge is 0.493 e. The van der Waals surface area contributed by atoms with Gasteiger partial charge in [-0.2, -0.15) is 10.2 Å². The van der Waals surface area contributed by atoms with Crippen molar-refractivity contribution in [2.45, 2.75) is 19.8 Å². The van der Waals surface area contributed by atoms with Gasteiger partial charge in [0, 0.05) is 12.0 Å². The maximum atomic E-state index is 11.4. The third-order valence-corrected chi connectivity index (χ3v) is 3.60. The first-order valence-electron chi connectivity index (χ1n) is 8.30. The van der Waals surface area contributed by atoms with Gasteiger partial charge in [-0.3, -0.25) is 4.79 Å². The van der Waals surface area contributed by atoms with E-state index < -0.39 is 0 Å². The predicted octanol–water partition coefficient (Wildman–Crippen LogP) is 1.91. The number of nitrogens with two attached hydrogens (primary N) is 2. The number of esters is 1. The monoisotopic (exact) mass is 371 g/mol. The van der Waals surface area contributed by atoms with Crippen LogP contribution < -0.4 is 20.9 Å². The van der Waals surface area contributed by atoms with Crippen molar-refractivity contribution < 1.29 is 19.0 Å². The van der Waals surface area contributed by atoms with E-state index in [-0.39, 0.29) is 42.0 Å². The zero-order chi connectivity index (χ0) is 19.8. The number of hydrogen-bond donors (Lipinski definition) is 2. The fourth-order valence-electron chi connectivity index (χ4n) is 2.44. The number of carbonyl (C=O) groups is 1. The van der Waals surface area contributed by atoms with Crippen LogP contribution in [0.4, 0.5) is 11.8 Å². The van der Waals surface area contributed by atoms with Crippen molar-refractivity contribution in [2.24, 2.45) is 0 Å². The molecule has 0 amide bonds. The molecule has 0 bridgehead atoms. The summed E-state index contributed by atoms with van der Waals surface area (Å²) in [5.41, 5.74) is 12.3. The Morgan fingerprint density at radius 1 is 1.30 bits per heavy atom. The molecule has 1 aromatic heterocycles. The number of methoxy groups -OCH3 is 1. The number of carbonyl (C=O) groups excluding carboxylic acids is 1. The number of benzene rings is 1. The topological polar surface area (TPSA) is 146 Å². The highest BCUT2D eigenvalue weighted by atomic mass is 16.5. The standard InChI is InChI=1S/C18H21N5O4/c1-3-26-14(24)8-5-9-27-16-11(6-4-7-13(16)25-2)15-12(10-19)17(20)23-18(21)22-15/h4,6-7H,3,5,8-9H2,1-2H3,(H4,20,21,22,23). The molecule has 0 saturated carbocycles. The number of aromatic nitrogens is 2. The summed E-state index contributed by atoms with van der Waals surface area (Å²) in [5.74, 6) is 0.458. The zero-order valence-electron chi connectivity index (χ0n) is 15.2. The zero-order valence-corrected chi connectivity index (χ0v) is 15.2. The van der Waals surface area contributed by atoms with Gasteiger partial charge in [0.05, 0.1) is 26.0 Å². The van der Waals surface area contributed by atoms with Crippen LogP contribution in [0.5, 0.6) is 11.5 Å². The lowest BCUT2D eigenvalue weighted by Gasteiger charge is -2.16. The van der Waals surface area contributed by atoms with Gasteiger partial charge in [0.2, 0.25) is 5.95 Å². The lowest BCUT2D eigenvalue weighted by molar-refractivity contribution is -0.143. The molecule has 1 heterocycles. The Balaban J connectivity index is 2.34. The van der Waals surface area contributed by atoms with Gasteiger partial charge in [0.1, 0.15) is 17.5 Å². The minimum atomic E-state index is -0.288. The predicted molar refractivity (Wildman–Crippen MR) is 98.9 cm³/mol. The highest BCUT2D eigenvalue weighted by Gasteiger charge is 2.20. The third-order valence-electron chi connectivity index (χ3n) is 3.60. The van der Waals surface area contributed by atoms with E-state index in [0.29, 0.717) is 30.1 Å². The Morgan fingerprint density at radius 3 is 2.74 bits per heavy atom. The quantitative estimate of drug-likeness (QED) is 0.524. The molecule has 0 spiro atoms. The van der Waals surface area contributed by atoms with E-state index in [1.807, 2.05) is 6.07 Å². The molecule has 142 valence electrons. The third kappa shape index (κ3) is 4.76. The molecule has 2 rings (SSSR count). The molecule has 0 fully saturated rings. The summed E-state index contributed by atoms with van der Waals surface area (Å²) >= 11 is 0. The van der Waals surface area contributed by atoms with Crippen molar-refractivity contribution in [3.8, 4) is 28.8 Å². The average molecular weight is 371 g/mol. The SMILES string of the molecule is CCOC(=O)CCCOc1c(OC)cccc1-c1nc(N)nc(N)c1C#N. The minimum absolute atomic E-state index is 0.0175. The van der Waals surface area contributed by atoms with Crippen molar-refractivity contribution in [2.75, 3.05) is 31.8 Å². The van der Waals surface area contributed by atoms with Crippen LogP contribution >= 0.6 is 0 Å². The van der Waals surface area contributed by atoms with Gasteiger partial charge >= 0.3 is 5.97 Å². The van der Waals surface area contributed by atoms with E-state index in [4.69, 9.17) is 25.7 Å². The first-order chi connectivity index (χ1) is 13.0. The molecule has 4 N–H and O–H groups in total. The van der Waals surface area contributed by atoms with Crippen molar-refractivity contribution in [1.29, 1.82) is 5.26 Å². The Labute approximate surface area is 156 Å². The molecule has 0 aliphatic heterocycles. The summed E-state index contributed by atoms with van der Waals surface area (Å²) in [6, 6.07) is 7.14. The average Bonchev–Trinajstić information content (AvgIpc) is 2.64. The molecule has 0 radical (unpaired) electrons. The van der Waals surface area contributed by atoms with E-state index in [2.05, 4.69) is 9.97 Å². The van der Waals surface area contributed by atoms with E-state index in [1.165, 1.54) is 7.11 Å². The Hall–Kier alpha value is -3.54. The number of nitrogens with zero attached hydrogens (tertiary/aromatic N) is 3. The lowest BCUT2D eigenvalue weighted by atomic mass is 10.1. The summed E-state index contributed by atoms with van der Waals surface area (Å²) in [4.78, 5) is 19.4. The highest BCUT2D eigenvalue weighted by molar-refractivity contribution is 5.79. The van der Waals surface area contributed by atoms with Crippen molar-refractivity contribution >= 4 is 17.7 Å². The molecular weight excluding hydrogens is 350 g/mol. The smallest absolute Gasteiger partial charge is 0.305 e. The molecule has 9 heteroatoms. The normalized spacial score (nSPS) is 10.1. The second kappa shape index (κ2) is 9.24. The summed E-state index contributed by atoms with van der Waals surface area (Å²) in [6.45, 7) is 2.33. The van der Waals surface area contributed by atoms with Crippen LogP contribution in [0.2, 0.25) is 0 Å². The van der Waals surface area contributed by atoms with Crippen molar-refractivity contribution in [3.05, 3.63) is 23.8 Å². The summed E-state index contributed by atoms with van der Waals surface area (Å²) in [5, 5.41) is 9.42. The maximum Gasteiger partial charge on any atom is 0.305 e. The van der Waals surface area contributed by atoms with Gasteiger partial charge in [0.15, 0.2) is 11.5 Å². The van der Waals surface area contributed by atoms with Gasteiger partial charge in [-0.1, -0.05) is 6.07 Å². The van der Waals surface area contributed by atoms with Crippen molar-refractivity contribution in [3.63, 3.8) is 0 Å². The van der Waals surface area contributed by atoms with E-state index in [1.54, 1.807) is 25.1 Å². The van der Waals surface area contributed by atoms with Crippen molar-refractivity contribution in [1.82, 2.24) is 9.97 Å². The molecule has 0 aliphatic carbocycles.